The van der Waals surface area contributed by atoms with E-state index in [0.717, 1.165) is 36.0 Å². The van der Waals surface area contributed by atoms with E-state index in [1.165, 1.54) is 6.08 Å². The van der Waals surface area contributed by atoms with Crippen LogP contribution in [0.5, 0.6) is 11.6 Å². The maximum atomic E-state index is 12.2. The van der Waals surface area contributed by atoms with Gasteiger partial charge < -0.3 is 10.1 Å². The summed E-state index contributed by atoms with van der Waals surface area (Å²) in [5.41, 5.74) is 2.47. The van der Waals surface area contributed by atoms with Crippen molar-refractivity contribution in [2.24, 2.45) is 5.41 Å². The van der Waals surface area contributed by atoms with Gasteiger partial charge in [0.1, 0.15) is 11.3 Å². The van der Waals surface area contributed by atoms with Gasteiger partial charge in [-0.1, -0.05) is 0 Å². The Bertz CT molecular complexity index is 1360. The number of ether oxygens (including phenoxy) is 1. The quantitative estimate of drug-likeness (QED) is 0.543. The van der Waals surface area contributed by atoms with Gasteiger partial charge in [0.25, 0.3) is 11.4 Å². The average molecular weight is 413 g/mol. The van der Waals surface area contributed by atoms with E-state index in [1.807, 2.05) is 32.0 Å². The Morgan fingerprint density at radius 1 is 1.16 bits per heavy atom. The van der Waals surface area contributed by atoms with E-state index < -0.39 is 0 Å². The number of aromatic nitrogens is 4. The standard InChI is InChI=1S/C22H19N7O2/c1-12-6-14(4-3-5-23)7-13(2)17(12)31-19-16-15(18(30)29-28-16)25-20(26-19)27-22-8-21(9-22,10-22)11-24/h3-4,6-7H,8-10H2,1-2H3,(H,25,26,27)(H2,28,29,30)/b4-3+. The van der Waals surface area contributed by atoms with E-state index in [-0.39, 0.29) is 27.9 Å². The number of hydrogen-bond donors (Lipinski definition) is 3. The molecule has 0 spiro atoms. The third kappa shape index (κ3) is 2.94. The van der Waals surface area contributed by atoms with Crippen molar-refractivity contribution in [3.05, 3.63) is 45.3 Å². The van der Waals surface area contributed by atoms with Crippen LogP contribution in [-0.2, 0) is 0 Å². The first kappa shape index (κ1) is 18.9. The summed E-state index contributed by atoms with van der Waals surface area (Å²) in [7, 11) is 0. The fourth-order valence-corrected chi connectivity index (χ4v) is 4.77. The highest BCUT2D eigenvalue weighted by Crippen LogP contribution is 2.67. The van der Waals surface area contributed by atoms with Gasteiger partial charge in [-0.3, -0.25) is 15.0 Å². The van der Waals surface area contributed by atoms with Gasteiger partial charge in [-0.2, -0.15) is 15.5 Å². The van der Waals surface area contributed by atoms with Gasteiger partial charge in [-0.25, -0.2) is 4.98 Å². The number of hydrogen-bond acceptors (Lipinski definition) is 7. The van der Waals surface area contributed by atoms with Gasteiger partial charge in [0.15, 0.2) is 5.52 Å². The third-order valence-corrected chi connectivity index (χ3v) is 6.07. The molecule has 3 aliphatic carbocycles. The first-order chi connectivity index (χ1) is 14.9. The molecule has 0 aliphatic heterocycles. The molecular weight excluding hydrogens is 394 g/mol. The second-order valence-electron chi connectivity index (χ2n) is 8.53. The fourth-order valence-electron chi connectivity index (χ4n) is 4.77. The molecular formula is C22H19N7O2. The highest BCUT2D eigenvalue weighted by atomic mass is 16.5. The maximum Gasteiger partial charge on any atom is 0.290 e. The summed E-state index contributed by atoms with van der Waals surface area (Å²) in [6.07, 6.45) is 5.43. The van der Waals surface area contributed by atoms with Gasteiger partial charge in [-0.05, 0) is 68.0 Å². The average Bonchev–Trinajstić information content (AvgIpc) is 3.05. The van der Waals surface area contributed by atoms with Gasteiger partial charge >= 0.3 is 0 Å². The molecule has 0 amide bonds. The van der Waals surface area contributed by atoms with Crippen LogP contribution >= 0.6 is 0 Å². The Hall–Kier alpha value is -4.11. The van der Waals surface area contributed by atoms with Crippen LogP contribution in [0.2, 0.25) is 0 Å². The molecule has 3 fully saturated rings. The minimum Gasteiger partial charge on any atom is -0.436 e. The van der Waals surface area contributed by atoms with Crippen LogP contribution in [0.25, 0.3) is 17.1 Å². The third-order valence-electron chi connectivity index (χ3n) is 6.07. The zero-order chi connectivity index (χ0) is 21.8. The van der Waals surface area contributed by atoms with Crippen molar-refractivity contribution >= 4 is 23.1 Å². The molecule has 0 radical (unpaired) electrons. The molecule has 3 aliphatic rings. The maximum absolute atomic E-state index is 12.2. The van der Waals surface area contributed by atoms with E-state index in [1.54, 1.807) is 6.08 Å². The lowest BCUT2D eigenvalue weighted by Gasteiger charge is -2.66. The van der Waals surface area contributed by atoms with Crippen LogP contribution in [-0.4, -0.2) is 25.7 Å². The second-order valence-corrected chi connectivity index (χ2v) is 8.53. The van der Waals surface area contributed by atoms with Gasteiger partial charge in [0, 0.05) is 11.6 Å². The monoisotopic (exact) mass is 413 g/mol. The molecule has 2 bridgehead atoms. The number of nitrogens with zero attached hydrogens (tertiary/aromatic N) is 4. The van der Waals surface area contributed by atoms with E-state index in [9.17, 15) is 10.1 Å². The molecule has 0 atom stereocenters. The summed E-state index contributed by atoms with van der Waals surface area (Å²) in [5, 5.41) is 26.6. The topological polar surface area (TPSA) is 143 Å². The van der Waals surface area contributed by atoms with Gasteiger partial charge in [0.2, 0.25) is 5.95 Å². The lowest BCUT2D eigenvalue weighted by atomic mass is 9.40. The summed E-state index contributed by atoms with van der Waals surface area (Å²) in [6, 6.07) is 8.19. The molecule has 3 aromatic rings. The minimum atomic E-state index is -0.359. The van der Waals surface area contributed by atoms with Gasteiger partial charge in [-0.15, -0.1) is 0 Å². The highest BCUT2D eigenvalue weighted by molar-refractivity contribution is 5.80. The minimum absolute atomic E-state index is 0.176. The summed E-state index contributed by atoms with van der Waals surface area (Å²) in [4.78, 5) is 21.1. The SMILES string of the molecule is Cc1cc(/C=C/C#N)cc(C)c1Oc1nc(NC23CC(C#N)(C2)C3)nc2c(=O)[nH][nH]c12. The lowest BCUT2D eigenvalue weighted by Crippen LogP contribution is -2.70. The number of nitriles is 2. The van der Waals surface area contributed by atoms with Crippen molar-refractivity contribution in [3.8, 4) is 23.8 Å². The molecule has 31 heavy (non-hydrogen) atoms. The number of fused-ring (bicyclic) bond motifs is 1. The number of aromatic amines is 2. The zero-order valence-electron chi connectivity index (χ0n) is 17.0. The van der Waals surface area contributed by atoms with Crippen molar-refractivity contribution in [3.63, 3.8) is 0 Å². The molecule has 6 rings (SSSR count). The van der Waals surface area contributed by atoms with Crippen molar-refractivity contribution < 1.29 is 4.74 Å². The molecule has 154 valence electrons. The van der Waals surface area contributed by atoms with E-state index in [2.05, 4.69) is 31.6 Å². The predicted molar refractivity (Wildman–Crippen MR) is 113 cm³/mol. The molecule has 2 aromatic heterocycles. The van der Waals surface area contributed by atoms with Crippen molar-refractivity contribution in [2.75, 3.05) is 5.32 Å². The van der Waals surface area contributed by atoms with Crippen LogP contribution in [0.3, 0.4) is 0 Å². The van der Waals surface area contributed by atoms with Crippen molar-refractivity contribution in [1.82, 2.24) is 20.2 Å². The molecule has 1 aromatic carbocycles. The predicted octanol–water partition coefficient (Wildman–Crippen LogP) is 3.45. The second kappa shape index (κ2) is 6.44. The summed E-state index contributed by atoms with van der Waals surface area (Å²) in [6.45, 7) is 3.82. The Morgan fingerprint density at radius 2 is 1.87 bits per heavy atom. The Labute approximate surface area is 177 Å². The van der Waals surface area contributed by atoms with E-state index in [0.29, 0.717) is 17.2 Å². The van der Waals surface area contributed by atoms with Crippen LogP contribution in [0, 0.1) is 41.9 Å². The smallest absolute Gasteiger partial charge is 0.290 e. The number of allylic oxidation sites excluding steroid dienone is 1. The fraction of sp³-hybridized carbons (Fsp3) is 0.318. The summed E-state index contributed by atoms with van der Waals surface area (Å²) >= 11 is 0. The Kier molecular flexibility index (Phi) is 3.93. The Balaban J connectivity index is 1.50. The van der Waals surface area contributed by atoms with Crippen molar-refractivity contribution in [2.45, 2.75) is 38.6 Å². The first-order valence-electron chi connectivity index (χ1n) is 9.89. The van der Waals surface area contributed by atoms with E-state index in [4.69, 9.17) is 10.00 Å². The molecule has 2 heterocycles. The molecule has 3 saturated carbocycles. The molecule has 0 saturated heterocycles. The lowest BCUT2D eigenvalue weighted by molar-refractivity contribution is -0.0665. The van der Waals surface area contributed by atoms with E-state index >= 15 is 0 Å². The number of benzene rings is 1. The number of anilines is 1. The molecule has 9 heteroatoms. The zero-order valence-corrected chi connectivity index (χ0v) is 17.0. The normalized spacial score (nSPS) is 23.6. The first-order valence-corrected chi connectivity index (χ1v) is 9.89. The number of aryl methyl sites for hydroxylation is 2. The molecule has 0 unspecified atom stereocenters. The van der Waals surface area contributed by atoms with Crippen LogP contribution in [0.1, 0.15) is 36.0 Å². The van der Waals surface area contributed by atoms with Crippen LogP contribution in [0.4, 0.5) is 5.95 Å². The van der Waals surface area contributed by atoms with Crippen LogP contribution < -0.4 is 15.6 Å². The van der Waals surface area contributed by atoms with Crippen LogP contribution in [0.15, 0.2) is 23.0 Å². The Morgan fingerprint density at radius 3 is 2.52 bits per heavy atom. The van der Waals surface area contributed by atoms with Gasteiger partial charge in [0.05, 0.1) is 17.6 Å². The highest BCUT2D eigenvalue weighted by Gasteiger charge is 2.69. The summed E-state index contributed by atoms with van der Waals surface area (Å²) in [5.74, 6) is 1.16. The number of rotatable bonds is 5. The summed E-state index contributed by atoms with van der Waals surface area (Å²) < 4.78 is 6.16. The molecule has 3 N–H and O–H groups in total. The molecule has 9 nitrogen and oxygen atoms in total. The van der Waals surface area contributed by atoms with Crippen molar-refractivity contribution in [1.29, 1.82) is 10.5 Å². The number of H-pyrrole nitrogens is 2. The largest absolute Gasteiger partial charge is 0.436 e. The number of nitrogens with one attached hydrogen (secondary N) is 3.